The smallest absolute Gasteiger partial charge is 0.187 e. The van der Waals surface area contributed by atoms with Crippen molar-refractivity contribution in [1.29, 1.82) is 0 Å². The van der Waals surface area contributed by atoms with E-state index in [9.17, 15) is 4.79 Å². The molecule has 0 aliphatic carbocycles. The zero-order valence-electron chi connectivity index (χ0n) is 12.4. The van der Waals surface area contributed by atoms with Gasteiger partial charge in [-0.2, -0.15) is 0 Å². The number of likely N-dealkylation sites (tertiary alicyclic amines) is 1. The lowest BCUT2D eigenvalue weighted by Gasteiger charge is -2.19. The van der Waals surface area contributed by atoms with Gasteiger partial charge < -0.3 is 10.7 Å². The minimum atomic E-state index is 0.151. The first-order valence-corrected chi connectivity index (χ1v) is 7.05. The Morgan fingerprint density at radius 3 is 2.68 bits per heavy atom. The number of nitrogens with one attached hydrogen (secondary N) is 1. The van der Waals surface area contributed by atoms with E-state index in [1.807, 2.05) is 13.8 Å². The average molecular weight is 263 g/mol. The van der Waals surface area contributed by atoms with Crippen LogP contribution in [-0.2, 0) is 6.54 Å². The molecule has 106 valence electrons. The van der Waals surface area contributed by atoms with Gasteiger partial charge in [0.15, 0.2) is 5.43 Å². The molecule has 1 saturated heterocycles. The van der Waals surface area contributed by atoms with E-state index in [-0.39, 0.29) is 11.5 Å². The molecule has 4 heteroatoms. The fraction of sp³-hybridized carbons (Fsp3) is 0.667. The van der Waals surface area contributed by atoms with E-state index in [2.05, 4.69) is 23.7 Å². The van der Waals surface area contributed by atoms with Gasteiger partial charge in [-0.05, 0) is 25.7 Å². The summed E-state index contributed by atoms with van der Waals surface area (Å²) in [5.41, 5.74) is 8.99. The molecule has 1 fully saturated rings. The third kappa shape index (κ3) is 2.90. The Bertz CT molecular complexity index is 507. The summed E-state index contributed by atoms with van der Waals surface area (Å²) >= 11 is 0. The number of hydrogen-bond donors (Lipinski definition) is 2. The fourth-order valence-electron chi connectivity index (χ4n) is 2.97. The highest BCUT2D eigenvalue weighted by atomic mass is 16.1. The lowest BCUT2D eigenvalue weighted by molar-refractivity contribution is 0.293. The van der Waals surface area contributed by atoms with Gasteiger partial charge in [0.05, 0.1) is 0 Å². The Morgan fingerprint density at radius 2 is 2.11 bits per heavy atom. The van der Waals surface area contributed by atoms with Crippen LogP contribution in [0, 0.1) is 25.7 Å². The Hall–Kier alpha value is -1.13. The number of rotatable bonds is 3. The van der Waals surface area contributed by atoms with E-state index in [0.29, 0.717) is 11.8 Å². The van der Waals surface area contributed by atoms with E-state index in [0.717, 1.165) is 36.5 Å². The van der Waals surface area contributed by atoms with Gasteiger partial charge in [-0.3, -0.25) is 9.69 Å². The van der Waals surface area contributed by atoms with Gasteiger partial charge in [-0.25, -0.2) is 0 Å². The lowest BCUT2D eigenvalue weighted by Crippen LogP contribution is -2.32. The molecule has 19 heavy (non-hydrogen) atoms. The minimum Gasteiger partial charge on any atom is -0.363 e. The predicted octanol–water partition coefficient (Wildman–Crippen LogP) is 1.41. The van der Waals surface area contributed by atoms with Gasteiger partial charge in [0.2, 0.25) is 0 Å². The third-order valence-electron chi connectivity index (χ3n) is 4.34. The first kappa shape index (κ1) is 14.3. The van der Waals surface area contributed by atoms with Gasteiger partial charge >= 0.3 is 0 Å². The largest absolute Gasteiger partial charge is 0.363 e. The first-order valence-electron chi connectivity index (χ1n) is 7.05. The number of H-pyrrole nitrogens is 1. The van der Waals surface area contributed by atoms with Crippen LogP contribution in [0.2, 0.25) is 0 Å². The summed E-state index contributed by atoms with van der Waals surface area (Å²) < 4.78 is 0. The van der Waals surface area contributed by atoms with Crippen molar-refractivity contribution in [3.05, 3.63) is 33.2 Å². The van der Waals surface area contributed by atoms with Crippen molar-refractivity contribution in [2.24, 2.45) is 17.6 Å². The van der Waals surface area contributed by atoms with Crippen LogP contribution in [0.15, 0.2) is 11.0 Å². The Balaban J connectivity index is 2.11. The summed E-state index contributed by atoms with van der Waals surface area (Å²) in [7, 11) is 0. The molecule has 0 amide bonds. The summed E-state index contributed by atoms with van der Waals surface area (Å²) in [6, 6.07) is 0.248. The van der Waals surface area contributed by atoms with Gasteiger partial charge in [-0.1, -0.05) is 13.8 Å². The highest BCUT2D eigenvalue weighted by Crippen LogP contribution is 2.24. The second kappa shape index (κ2) is 5.47. The molecular formula is C15H25N3O. The van der Waals surface area contributed by atoms with Crippen molar-refractivity contribution in [2.75, 3.05) is 13.1 Å². The van der Waals surface area contributed by atoms with Crippen molar-refractivity contribution >= 4 is 0 Å². The Labute approximate surface area is 115 Å². The number of pyridine rings is 1. The number of nitrogens with two attached hydrogens (primary N) is 1. The number of aromatic amines is 1. The van der Waals surface area contributed by atoms with Crippen LogP contribution in [0.5, 0.6) is 0 Å². The second-order valence-corrected chi connectivity index (χ2v) is 6.17. The monoisotopic (exact) mass is 263 g/mol. The normalized spacial score (nSPS) is 24.3. The van der Waals surface area contributed by atoms with Gasteiger partial charge in [0.1, 0.15) is 0 Å². The number of aromatic nitrogens is 1. The van der Waals surface area contributed by atoms with Crippen molar-refractivity contribution < 1.29 is 0 Å². The van der Waals surface area contributed by atoms with Crippen molar-refractivity contribution in [2.45, 2.75) is 40.3 Å². The zero-order valence-corrected chi connectivity index (χ0v) is 12.4. The molecule has 2 atom stereocenters. The van der Waals surface area contributed by atoms with Crippen LogP contribution >= 0.6 is 0 Å². The second-order valence-electron chi connectivity index (χ2n) is 6.17. The molecule has 2 heterocycles. The lowest BCUT2D eigenvalue weighted by atomic mass is 9.92. The number of aryl methyl sites for hydroxylation is 1. The van der Waals surface area contributed by atoms with Crippen LogP contribution in [0.25, 0.3) is 0 Å². The number of hydrogen-bond acceptors (Lipinski definition) is 3. The summed E-state index contributed by atoms with van der Waals surface area (Å²) in [5.74, 6) is 1.16. The van der Waals surface area contributed by atoms with Crippen molar-refractivity contribution in [3.8, 4) is 0 Å². The van der Waals surface area contributed by atoms with Crippen LogP contribution in [-0.4, -0.2) is 29.0 Å². The molecule has 2 rings (SSSR count). The molecule has 0 radical (unpaired) electrons. The summed E-state index contributed by atoms with van der Waals surface area (Å²) in [4.78, 5) is 17.5. The predicted molar refractivity (Wildman–Crippen MR) is 78.1 cm³/mol. The van der Waals surface area contributed by atoms with Crippen LogP contribution < -0.4 is 11.2 Å². The Kier molecular flexibility index (Phi) is 4.11. The molecule has 0 saturated carbocycles. The molecule has 1 aromatic heterocycles. The topological polar surface area (TPSA) is 62.1 Å². The summed E-state index contributed by atoms with van der Waals surface area (Å²) in [6.45, 7) is 10.9. The maximum absolute atomic E-state index is 11.9. The van der Waals surface area contributed by atoms with Gasteiger partial charge in [0, 0.05) is 48.7 Å². The van der Waals surface area contributed by atoms with Gasteiger partial charge in [0.25, 0.3) is 0 Å². The highest BCUT2D eigenvalue weighted by molar-refractivity contribution is 5.23. The quantitative estimate of drug-likeness (QED) is 0.866. The van der Waals surface area contributed by atoms with Crippen molar-refractivity contribution in [1.82, 2.24) is 9.88 Å². The molecule has 0 unspecified atom stereocenters. The van der Waals surface area contributed by atoms with E-state index < -0.39 is 0 Å². The standard InChI is InChI=1S/C15H25N3O/c1-9(2)12-6-18(7-13(12)16)8-14-11(4)15(19)10(3)5-17-14/h5,9,12-13H,6-8,16H2,1-4H3,(H,17,19)/t12-,13+/m0/s1. The first-order chi connectivity index (χ1) is 8.90. The van der Waals surface area contributed by atoms with Crippen molar-refractivity contribution in [3.63, 3.8) is 0 Å². The highest BCUT2D eigenvalue weighted by Gasteiger charge is 2.32. The zero-order chi connectivity index (χ0) is 14.2. The molecule has 0 bridgehead atoms. The van der Waals surface area contributed by atoms with E-state index in [4.69, 9.17) is 5.73 Å². The number of nitrogens with zero attached hydrogens (tertiary/aromatic N) is 1. The van der Waals surface area contributed by atoms with E-state index in [1.54, 1.807) is 6.20 Å². The van der Waals surface area contributed by atoms with E-state index in [1.165, 1.54) is 0 Å². The van der Waals surface area contributed by atoms with E-state index >= 15 is 0 Å². The maximum Gasteiger partial charge on any atom is 0.187 e. The molecule has 1 aliphatic rings. The van der Waals surface area contributed by atoms with Crippen LogP contribution in [0.1, 0.15) is 30.7 Å². The average Bonchev–Trinajstić information content (AvgIpc) is 2.71. The molecule has 0 spiro atoms. The molecule has 0 aromatic carbocycles. The molecule has 3 N–H and O–H groups in total. The summed E-state index contributed by atoms with van der Waals surface area (Å²) in [6.07, 6.45) is 1.81. The van der Waals surface area contributed by atoms with Crippen LogP contribution in [0.3, 0.4) is 0 Å². The molecule has 1 aliphatic heterocycles. The van der Waals surface area contributed by atoms with Gasteiger partial charge in [-0.15, -0.1) is 0 Å². The third-order valence-corrected chi connectivity index (χ3v) is 4.34. The fourth-order valence-corrected chi connectivity index (χ4v) is 2.97. The Morgan fingerprint density at radius 1 is 1.42 bits per heavy atom. The maximum atomic E-state index is 11.9. The molecular weight excluding hydrogens is 238 g/mol. The SMILES string of the molecule is Cc1c[nH]c(CN2C[C@@H](N)[C@H](C(C)C)C2)c(C)c1=O. The molecule has 1 aromatic rings. The van der Waals surface area contributed by atoms with Crippen LogP contribution in [0.4, 0.5) is 0 Å². The minimum absolute atomic E-state index is 0.151. The summed E-state index contributed by atoms with van der Waals surface area (Å²) in [5, 5.41) is 0. The molecule has 4 nitrogen and oxygen atoms in total.